The van der Waals surface area contributed by atoms with Crippen LogP contribution in [0.1, 0.15) is 48.5 Å². The van der Waals surface area contributed by atoms with Gasteiger partial charge < -0.3 is 10.1 Å². The van der Waals surface area contributed by atoms with Crippen LogP contribution in [0.15, 0.2) is 0 Å². The van der Waals surface area contributed by atoms with Gasteiger partial charge in [-0.05, 0) is 34.2 Å². The van der Waals surface area contributed by atoms with Crippen LogP contribution in [0.5, 0.6) is 0 Å². The van der Waals surface area contributed by atoms with E-state index in [2.05, 4.69) is 5.32 Å². The fourth-order valence-corrected chi connectivity index (χ4v) is 1.70. The maximum atomic E-state index is 12.0. The maximum absolute atomic E-state index is 12.0. The molecule has 0 aromatic carbocycles. The van der Waals surface area contributed by atoms with E-state index < -0.39 is 0 Å². The molecule has 1 N–H and O–H groups in total. The van der Waals surface area contributed by atoms with Gasteiger partial charge in [-0.3, -0.25) is 4.79 Å². The average Bonchev–Trinajstić information content (AvgIpc) is 2.09. The van der Waals surface area contributed by atoms with Gasteiger partial charge in [0, 0.05) is 5.92 Å². The molecule has 3 heteroatoms. The van der Waals surface area contributed by atoms with Gasteiger partial charge in [-0.25, -0.2) is 0 Å². The van der Waals surface area contributed by atoms with Gasteiger partial charge in [0.1, 0.15) is 0 Å². The molecule has 0 radical (unpaired) electrons. The zero-order valence-electron chi connectivity index (χ0n) is 11.8. The fraction of sp³-hybridized carbons (Fsp3) is 0.923. The lowest BCUT2D eigenvalue weighted by molar-refractivity contribution is -0.132. The highest BCUT2D eigenvalue weighted by Crippen LogP contribution is 2.15. The molecule has 0 aliphatic heterocycles. The summed E-state index contributed by atoms with van der Waals surface area (Å²) in [6.07, 6.45) is -0.102. The predicted octanol–water partition coefficient (Wildman–Crippen LogP) is 2.39. The number of likely N-dealkylation sites (N-methyl/N-ethyl adjacent to an activating group) is 1. The van der Waals surface area contributed by atoms with E-state index in [0.717, 1.165) is 6.54 Å². The molecule has 0 aromatic rings. The monoisotopic (exact) mass is 229 g/mol. The first-order chi connectivity index (χ1) is 7.19. The Kier molecular flexibility index (Phi) is 6.19. The van der Waals surface area contributed by atoms with Gasteiger partial charge in [0.15, 0.2) is 5.78 Å². The molecule has 16 heavy (non-hydrogen) atoms. The first-order valence-corrected chi connectivity index (χ1v) is 6.14. The van der Waals surface area contributed by atoms with Gasteiger partial charge in [0.25, 0.3) is 0 Å². The summed E-state index contributed by atoms with van der Waals surface area (Å²) in [5, 5.41) is 3.21. The van der Waals surface area contributed by atoms with Crippen molar-refractivity contribution < 1.29 is 9.53 Å². The summed E-state index contributed by atoms with van der Waals surface area (Å²) in [5.74, 6) is 0.258. The first-order valence-electron chi connectivity index (χ1n) is 6.14. The minimum Gasteiger partial charge on any atom is -0.371 e. The van der Waals surface area contributed by atoms with Crippen LogP contribution in [0.2, 0.25) is 0 Å². The number of Topliss-reactive ketones (excluding diaryl/α,β-unsaturated/α-hetero) is 1. The lowest BCUT2D eigenvalue weighted by Gasteiger charge is -2.31. The van der Waals surface area contributed by atoms with Gasteiger partial charge in [-0.1, -0.05) is 20.8 Å². The number of ether oxygens (including phenoxy) is 1. The number of nitrogens with one attached hydrogen (secondary N) is 1. The summed E-state index contributed by atoms with van der Waals surface area (Å²) in [4.78, 5) is 12.0. The highest BCUT2D eigenvalue weighted by Gasteiger charge is 2.29. The minimum atomic E-state index is -0.218. The summed E-state index contributed by atoms with van der Waals surface area (Å²) in [6, 6.07) is -0.204. The number of carbonyl (C=O) groups is 1. The third-order valence-corrected chi connectivity index (χ3v) is 2.31. The molecular formula is C13H27NO2. The van der Waals surface area contributed by atoms with Crippen LogP contribution >= 0.6 is 0 Å². The first kappa shape index (κ1) is 15.6. The summed E-state index contributed by atoms with van der Waals surface area (Å²) in [7, 11) is 0. The van der Waals surface area contributed by atoms with E-state index >= 15 is 0 Å². The molecule has 0 aliphatic carbocycles. The van der Waals surface area contributed by atoms with Crippen LogP contribution in [0.3, 0.4) is 0 Å². The Labute approximate surface area is 99.9 Å². The molecule has 96 valence electrons. The predicted molar refractivity (Wildman–Crippen MR) is 67.6 cm³/mol. The van der Waals surface area contributed by atoms with Crippen molar-refractivity contribution in [1.29, 1.82) is 0 Å². The van der Waals surface area contributed by atoms with Crippen molar-refractivity contribution in [2.24, 2.45) is 5.92 Å². The largest absolute Gasteiger partial charge is 0.371 e. The smallest absolute Gasteiger partial charge is 0.154 e. The molecular weight excluding hydrogens is 202 g/mol. The van der Waals surface area contributed by atoms with Crippen LogP contribution < -0.4 is 5.32 Å². The Morgan fingerprint density at radius 1 is 1.25 bits per heavy atom. The summed E-state index contributed by atoms with van der Waals surface area (Å²) in [5.41, 5.74) is -0.218. The summed E-state index contributed by atoms with van der Waals surface area (Å²) >= 11 is 0. The normalized spacial score (nSPS) is 16.2. The van der Waals surface area contributed by atoms with E-state index in [0.29, 0.717) is 0 Å². The summed E-state index contributed by atoms with van der Waals surface area (Å²) in [6.45, 7) is 14.6. The second-order valence-electron chi connectivity index (χ2n) is 5.53. The Bertz CT molecular complexity index is 218. The van der Waals surface area contributed by atoms with Crippen molar-refractivity contribution in [1.82, 2.24) is 5.32 Å². The van der Waals surface area contributed by atoms with E-state index in [1.165, 1.54) is 0 Å². The molecule has 0 rings (SSSR count). The van der Waals surface area contributed by atoms with E-state index in [-0.39, 0.29) is 29.4 Å². The number of rotatable bonds is 6. The van der Waals surface area contributed by atoms with Crippen LogP contribution in [-0.4, -0.2) is 30.1 Å². The van der Waals surface area contributed by atoms with Crippen molar-refractivity contribution in [3.63, 3.8) is 0 Å². The number of hydrogen-bond acceptors (Lipinski definition) is 3. The molecule has 0 aliphatic rings. The van der Waals surface area contributed by atoms with E-state index in [1.807, 2.05) is 48.5 Å². The third-order valence-electron chi connectivity index (χ3n) is 2.31. The molecule has 0 saturated carbocycles. The number of carbonyl (C=O) groups excluding carboxylic acids is 1. The second-order valence-corrected chi connectivity index (χ2v) is 5.53. The maximum Gasteiger partial charge on any atom is 0.154 e. The SMILES string of the molecule is CCNC(C(=O)C(C)C)C(C)OC(C)(C)C. The van der Waals surface area contributed by atoms with Gasteiger partial charge in [0.2, 0.25) is 0 Å². The Morgan fingerprint density at radius 2 is 1.75 bits per heavy atom. The topological polar surface area (TPSA) is 38.3 Å². The molecule has 0 spiro atoms. The van der Waals surface area contributed by atoms with Gasteiger partial charge in [-0.15, -0.1) is 0 Å². The highest BCUT2D eigenvalue weighted by molar-refractivity contribution is 5.86. The average molecular weight is 229 g/mol. The lowest BCUT2D eigenvalue weighted by Crippen LogP contribution is -2.49. The van der Waals surface area contributed by atoms with Gasteiger partial charge in [-0.2, -0.15) is 0 Å². The standard InChI is InChI=1S/C13H27NO2/c1-8-14-11(12(15)9(2)3)10(4)16-13(5,6)7/h9-11,14H,8H2,1-7H3. The third kappa shape index (κ3) is 5.61. The quantitative estimate of drug-likeness (QED) is 0.760. The zero-order chi connectivity index (χ0) is 12.9. The molecule has 0 bridgehead atoms. The van der Waals surface area contributed by atoms with E-state index in [1.54, 1.807) is 0 Å². The minimum absolute atomic E-state index is 0.0371. The lowest BCUT2D eigenvalue weighted by atomic mass is 9.97. The van der Waals surface area contributed by atoms with E-state index in [9.17, 15) is 4.79 Å². The summed E-state index contributed by atoms with van der Waals surface area (Å²) < 4.78 is 5.84. The number of hydrogen-bond donors (Lipinski definition) is 1. The molecule has 3 nitrogen and oxygen atoms in total. The van der Waals surface area contributed by atoms with Crippen molar-refractivity contribution in [3.8, 4) is 0 Å². The number of ketones is 1. The van der Waals surface area contributed by atoms with Gasteiger partial charge in [0.05, 0.1) is 17.7 Å². The van der Waals surface area contributed by atoms with Crippen LogP contribution in [0.4, 0.5) is 0 Å². The molecule has 2 atom stereocenters. The molecule has 0 saturated heterocycles. The Hall–Kier alpha value is -0.410. The van der Waals surface area contributed by atoms with Crippen LogP contribution in [0.25, 0.3) is 0 Å². The molecule has 0 heterocycles. The van der Waals surface area contributed by atoms with Crippen LogP contribution in [0, 0.1) is 5.92 Å². The van der Waals surface area contributed by atoms with Crippen molar-refractivity contribution in [2.75, 3.05) is 6.54 Å². The van der Waals surface area contributed by atoms with Gasteiger partial charge >= 0.3 is 0 Å². The fourth-order valence-electron chi connectivity index (χ4n) is 1.70. The zero-order valence-corrected chi connectivity index (χ0v) is 11.8. The second kappa shape index (κ2) is 6.36. The van der Waals surface area contributed by atoms with E-state index in [4.69, 9.17) is 4.74 Å². The highest BCUT2D eigenvalue weighted by atomic mass is 16.5. The van der Waals surface area contributed by atoms with Crippen LogP contribution in [-0.2, 0) is 9.53 Å². The van der Waals surface area contributed by atoms with Crippen molar-refractivity contribution >= 4 is 5.78 Å². The molecule has 0 amide bonds. The Balaban J connectivity index is 4.58. The molecule has 0 fully saturated rings. The Morgan fingerprint density at radius 3 is 2.06 bits per heavy atom. The van der Waals surface area contributed by atoms with Crippen molar-refractivity contribution in [3.05, 3.63) is 0 Å². The molecule has 2 unspecified atom stereocenters. The van der Waals surface area contributed by atoms with Crippen molar-refractivity contribution in [2.45, 2.75) is 66.2 Å². The molecule has 0 aromatic heterocycles.